The van der Waals surface area contributed by atoms with Crippen molar-refractivity contribution in [3.8, 4) is 5.75 Å². The highest BCUT2D eigenvalue weighted by Gasteiger charge is 2.19. The van der Waals surface area contributed by atoms with E-state index < -0.39 is 4.92 Å². The quantitative estimate of drug-likeness (QED) is 0.629. The van der Waals surface area contributed by atoms with Crippen LogP contribution in [0.5, 0.6) is 5.75 Å². The minimum absolute atomic E-state index is 0.0659. The Morgan fingerprint density at radius 3 is 2.69 bits per heavy atom. The molecule has 1 fully saturated rings. The number of nitro benzene ring substituents is 1. The van der Waals surface area contributed by atoms with Crippen molar-refractivity contribution in [3.63, 3.8) is 0 Å². The van der Waals surface area contributed by atoms with Gasteiger partial charge in [-0.05, 0) is 47.7 Å². The molecule has 0 spiro atoms. The zero-order valence-corrected chi connectivity index (χ0v) is 10.3. The predicted molar refractivity (Wildman–Crippen MR) is 63.7 cm³/mol. The van der Waals surface area contributed by atoms with Crippen LogP contribution in [0.2, 0.25) is 0 Å². The molecule has 1 aliphatic carbocycles. The Hall–Kier alpha value is -1.10. The van der Waals surface area contributed by atoms with Crippen LogP contribution in [-0.4, -0.2) is 11.0 Å². The molecule has 1 aliphatic rings. The molecular formula is C11H12BrNO3. The van der Waals surface area contributed by atoms with Crippen LogP contribution in [0.1, 0.15) is 25.7 Å². The summed E-state index contributed by atoms with van der Waals surface area (Å²) in [6.07, 6.45) is 4.64. The average molecular weight is 286 g/mol. The summed E-state index contributed by atoms with van der Waals surface area (Å²) in [6, 6.07) is 4.59. The first-order valence-electron chi connectivity index (χ1n) is 5.27. The Labute approximate surface area is 102 Å². The van der Waals surface area contributed by atoms with Gasteiger partial charge >= 0.3 is 0 Å². The van der Waals surface area contributed by atoms with Crippen LogP contribution in [0.15, 0.2) is 22.7 Å². The number of benzene rings is 1. The number of nitrogens with zero attached hydrogens (tertiary/aromatic N) is 1. The van der Waals surface area contributed by atoms with E-state index >= 15 is 0 Å². The second-order valence-corrected chi connectivity index (χ2v) is 4.75. The molecule has 2 rings (SSSR count). The molecule has 0 bridgehead atoms. The van der Waals surface area contributed by atoms with Crippen LogP contribution in [-0.2, 0) is 0 Å². The van der Waals surface area contributed by atoms with Crippen LogP contribution < -0.4 is 4.74 Å². The Morgan fingerprint density at radius 2 is 2.06 bits per heavy atom. The molecule has 0 aliphatic heterocycles. The highest BCUT2D eigenvalue weighted by atomic mass is 79.9. The fourth-order valence-corrected chi connectivity index (χ4v) is 2.22. The molecule has 0 N–H and O–H groups in total. The first-order chi connectivity index (χ1) is 7.66. The molecule has 4 nitrogen and oxygen atoms in total. The lowest BCUT2D eigenvalue weighted by atomic mass is 10.3. The number of ether oxygens (including phenoxy) is 1. The van der Waals surface area contributed by atoms with Gasteiger partial charge in [0.2, 0.25) is 0 Å². The van der Waals surface area contributed by atoms with Crippen LogP contribution >= 0.6 is 15.9 Å². The molecule has 1 aromatic rings. The normalized spacial score (nSPS) is 16.3. The summed E-state index contributed by atoms with van der Waals surface area (Å²) in [5.41, 5.74) is 0.0659. The van der Waals surface area contributed by atoms with Crippen LogP contribution in [0.25, 0.3) is 0 Å². The summed E-state index contributed by atoms with van der Waals surface area (Å²) in [5, 5.41) is 10.6. The van der Waals surface area contributed by atoms with Gasteiger partial charge in [-0.3, -0.25) is 10.1 Å². The molecule has 0 amide bonds. The van der Waals surface area contributed by atoms with E-state index in [1.807, 2.05) is 0 Å². The molecular weight excluding hydrogens is 274 g/mol. The van der Waals surface area contributed by atoms with Crippen molar-refractivity contribution < 1.29 is 9.66 Å². The largest absolute Gasteiger partial charge is 0.489 e. The Morgan fingerprint density at radius 1 is 1.38 bits per heavy atom. The monoisotopic (exact) mass is 285 g/mol. The van der Waals surface area contributed by atoms with E-state index in [0.717, 1.165) is 17.3 Å². The molecule has 86 valence electrons. The summed E-state index contributed by atoms with van der Waals surface area (Å²) < 4.78 is 6.51. The van der Waals surface area contributed by atoms with Gasteiger partial charge in [-0.15, -0.1) is 0 Å². The third-order valence-corrected chi connectivity index (χ3v) is 3.38. The third kappa shape index (κ3) is 2.52. The number of non-ortho nitro benzene ring substituents is 1. The second kappa shape index (κ2) is 4.82. The fourth-order valence-electron chi connectivity index (χ4n) is 1.88. The van der Waals surface area contributed by atoms with E-state index in [-0.39, 0.29) is 11.8 Å². The van der Waals surface area contributed by atoms with Crippen molar-refractivity contribution in [1.29, 1.82) is 0 Å². The van der Waals surface area contributed by atoms with Gasteiger partial charge in [0.1, 0.15) is 5.75 Å². The maximum atomic E-state index is 10.6. The summed E-state index contributed by atoms with van der Waals surface area (Å²) in [5.74, 6) is 0.570. The molecule has 1 saturated carbocycles. The van der Waals surface area contributed by atoms with Gasteiger partial charge < -0.3 is 4.74 Å². The molecule has 1 aromatic carbocycles. The van der Waals surface area contributed by atoms with Crippen molar-refractivity contribution in [2.75, 3.05) is 0 Å². The number of rotatable bonds is 3. The van der Waals surface area contributed by atoms with Gasteiger partial charge in [-0.2, -0.15) is 0 Å². The summed E-state index contributed by atoms with van der Waals surface area (Å²) in [6.45, 7) is 0. The lowest BCUT2D eigenvalue weighted by Crippen LogP contribution is -2.11. The molecule has 0 aromatic heterocycles. The number of hydrogen-bond acceptors (Lipinski definition) is 3. The van der Waals surface area contributed by atoms with Crippen molar-refractivity contribution in [2.24, 2.45) is 0 Å². The molecule has 16 heavy (non-hydrogen) atoms. The van der Waals surface area contributed by atoms with Crippen molar-refractivity contribution >= 4 is 21.6 Å². The molecule has 0 saturated heterocycles. The fraction of sp³-hybridized carbons (Fsp3) is 0.455. The average Bonchev–Trinajstić information content (AvgIpc) is 2.73. The first-order valence-corrected chi connectivity index (χ1v) is 6.07. The van der Waals surface area contributed by atoms with E-state index in [2.05, 4.69) is 15.9 Å². The molecule has 0 radical (unpaired) electrons. The van der Waals surface area contributed by atoms with Crippen LogP contribution in [0, 0.1) is 10.1 Å². The van der Waals surface area contributed by atoms with Crippen LogP contribution in [0.4, 0.5) is 5.69 Å². The Balaban J connectivity index is 2.17. The zero-order valence-electron chi connectivity index (χ0n) is 8.69. The molecule has 0 heterocycles. The van der Waals surface area contributed by atoms with Crippen molar-refractivity contribution in [2.45, 2.75) is 31.8 Å². The van der Waals surface area contributed by atoms with Gasteiger partial charge in [0.15, 0.2) is 0 Å². The highest BCUT2D eigenvalue weighted by Crippen LogP contribution is 2.32. The maximum Gasteiger partial charge on any atom is 0.273 e. The Bertz CT molecular complexity index is 402. The third-order valence-electron chi connectivity index (χ3n) is 2.72. The molecule has 5 heteroatoms. The van der Waals surface area contributed by atoms with Gasteiger partial charge in [0.25, 0.3) is 5.69 Å². The van der Waals surface area contributed by atoms with E-state index in [1.54, 1.807) is 6.07 Å². The summed E-state index contributed by atoms with van der Waals surface area (Å²) >= 11 is 3.34. The zero-order chi connectivity index (χ0) is 11.5. The molecule has 0 atom stereocenters. The van der Waals surface area contributed by atoms with Gasteiger partial charge in [-0.25, -0.2) is 0 Å². The minimum Gasteiger partial charge on any atom is -0.489 e. The lowest BCUT2D eigenvalue weighted by Gasteiger charge is -2.13. The van der Waals surface area contributed by atoms with E-state index in [1.165, 1.54) is 25.0 Å². The Kier molecular flexibility index (Phi) is 3.43. The number of hydrogen-bond donors (Lipinski definition) is 0. The van der Waals surface area contributed by atoms with E-state index in [9.17, 15) is 10.1 Å². The smallest absolute Gasteiger partial charge is 0.273 e. The first kappa shape index (κ1) is 11.4. The van der Waals surface area contributed by atoms with Gasteiger partial charge in [0.05, 0.1) is 21.6 Å². The number of halogens is 1. The van der Waals surface area contributed by atoms with Crippen molar-refractivity contribution in [1.82, 2.24) is 0 Å². The highest BCUT2D eigenvalue weighted by molar-refractivity contribution is 9.10. The van der Waals surface area contributed by atoms with Gasteiger partial charge in [-0.1, -0.05) is 0 Å². The topological polar surface area (TPSA) is 52.4 Å². The minimum atomic E-state index is -0.409. The van der Waals surface area contributed by atoms with Gasteiger partial charge in [0, 0.05) is 6.07 Å². The SMILES string of the molecule is O=[N+]([O-])c1ccc(Br)c(OC2CCCC2)c1. The molecule has 0 unspecified atom stereocenters. The van der Waals surface area contributed by atoms with E-state index in [0.29, 0.717) is 5.75 Å². The lowest BCUT2D eigenvalue weighted by molar-refractivity contribution is -0.385. The summed E-state index contributed by atoms with van der Waals surface area (Å²) in [7, 11) is 0. The number of nitro groups is 1. The predicted octanol–water partition coefficient (Wildman–Crippen LogP) is 3.68. The summed E-state index contributed by atoms with van der Waals surface area (Å²) in [4.78, 5) is 10.2. The second-order valence-electron chi connectivity index (χ2n) is 3.90. The van der Waals surface area contributed by atoms with Crippen LogP contribution in [0.3, 0.4) is 0 Å². The van der Waals surface area contributed by atoms with E-state index in [4.69, 9.17) is 4.74 Å². The maximum absolute atomic E-state index is 10.6. The van der Waals surface area contributed by atoms with Crippen molar-refractivity contribution in [3.05, 3.63) is 32.8 Å². The standard InChI is InChI=1S/C11H12BrNO3/c12-10-6-5-8(13(14)15)7-11(10)16-9-3-1-2-4-9/h5-7,9H,1-4H2.